The fourth-order valence-corrected chi connectivity index (χ4v) is 1.88. The van der Waals surface area contributed by atoms with Crippen molar-refractivity contribution in [1.82, 2.24) is 0 Å². The van der Waals surface area contributed by atoms with Crippen LogP contribution in [0.1, 0.15) is 23.6 Å². The van der Waals surface area contributed by atoms with Crippen LogP contribution >= 0.6 is 0 Å². The van der Waals surface area contributed by atoms with Gasteiger partial charge in [0.2, 0.25) is 0 Å². The third kappa shape index (κ3) is 2.83. The van der Waals surface area contributed by atoms with Gasteiger partial charge >= 0.3 is 0 Å². The molecule has 0 amide bonds. The maximum absolute atomic E-state index is 5.88. The summed E-state index contributed by atoms with van der Waals surface area (Å²) >= 11 is 0. The lowest BCUT2D eigenvalue weighted by Gasteiger charge is -2.11. The van der Waals surface area contributed by atoms with Crippen LogP contribution in [0.15, 0.2) is 42.5 Å². The van der Waals surface area contributed by atoms with Crippen molar-refractivity contribution >= 4 is 5.69 Å². The Kier molecular flexibility index (Phi) is 3.88. The molecule has 2 rings (SSSR count). The highest BCUT2D eigenvalue weighted by Crippen LogP contribution is 2.19. The lowest BCUT2D eigenvalue weighted by Crippen LogP contribution is -2.00. The molecule has 18 heavy (non-hydrogen) atoms. The summed E-state index contributed by atoms with van der Waals surface area (Å²) in [4.78, 5) is 0. The molecule has 0 atom stereocenters. The number of anilines is 1. The summed E-state index contributed by atoms with van der Waals surface area (Å²) in [6.07, 6.45) is 1.02. The molecule has 0 spiro atoms. The number of nitrogen functional groups attached to an aromatic ring is 1. The molecule has 0 unspecified atom stereocenters. The molecule has 0 fully saturated rings. The summed E-state index contributed by atoms with van der Waals surface area (Å²) in [5.41, 5.74) is 10.2. The van der Waals surface area contributed by atoms with Gasteiger partial charge < -0.3 is 10.5 Å². The van der Waals surface area contributed by atoms with E-state index in [4.69, 9.17) is 10.5 Å². The summed E-state index contributed by atoms with van der Waals surface area (Å²) in [5, 5.41) is 0. The summed E-state index contributed by atoms with van der Waals surface area (Å²) in [6.45, 7) is 4.72. The van der Waals surface area contributed by atoms with E-state index in [1.165, 1.54) is 5.56 Å². The smallest absolute Gasteiger partial charge is 0.120 e. The first kappa shape index (κ1) is 12.5. The Hall–Kier alpha value is -1.96. The summed E-state index contributed by atoms with van der Waals surface area (Å²) in [7, 11) is 0. The maximum Gasteiger partial charge on any atom is 0.120 e. The van der Waals surface area contributed by atoms with Crippen LogP contribution in [-0.2, 0) is 13.0 Å². The van der Waals surface area contributed by atoms with Crippen LogP contribution in [0.5, 0.6) is 5.75 Å². The second kappa shape index (κ2) is 5.58. The molecule has 0 aliphatic carbocycles. The number of rotatable bonds is 4. The zero-order chi connectivity index (χ0) is 13.0. The van der Waals surface area contributed by atoms with Crippen molar-refractivity contribution in [3.05, 3.63) is 59.2 Å². The molecule has 2 heteroatoms. The van der Waals surface area contributed by atoms with Crippen LogP contribution in [0.3, 0.4) is 0 Å². The average Bonchev–Trinajstić information content (AvgIpc) is 2.41. The Labute approximate surface area is 108 Å². The third-order valence-corrected chi connectivity index (χ3v) is 3.19. The van der Waals surface area contributed by atoms with Gasteiger partial charge in [0.25, 0.3) is 0 Å². The van der Waals surface area contributed by atoms with Gasteiger partial charge in [-0.3, -0.25) is 0 Å². The van der Waals surface area contributed by atoms with Gasteiger partial charge in [0, 0.05) is 5.69 Å². The second-order valence-corrected chi connectivity index (χ2v) is 4.42. The van der Waals surface area contributed by atoms with E-state index in [9.17, 15) is 0 Å². The van der Waals surface area contributed by atoms with Crippen molar-refractivity contribution in [1.29, 1.82) is 0 Å². The van der Waals surface area contributed by atoms with Gasteiger partial charge in [-0.15, -0.1) is 0 Å². The monoisotopic (exact) mass is 241 g/mol. The predicted molar refractivity (Wildman–Crippen MR) is 75.7 cm³/mol. The van der Waals surface area contributed by atoms with E-state index in [0.717, 1.165) is 29.0 Å². The molecule has 2 aromatic rings. The summed E-state index contributed by atoms with van der Waals surface area (Å²) < 4.78 is 5.81. The molecule has 2 N–H and O–H groups in total. The largest absolute Gasteiger partial charge is 0.489 e. The molecule has 0 saturated heterocycles. The molecule has 0 aromatic heterocycles. The molecule has 0 bridgehead atoms. The summed E-state index contributed by atoms with van der Waals surface area (Å²) in [6, 6.07) is 14.1. The van der Waals surface area contributed by atoms with Crippen LogP contribution in [-0.4, -0.2) is 0 Å². The lowest BCUT2D eigenvalue weighted by atomic mass is 10.1. The van der Waals surface area contributed by atoms with E-state index < -0.39 is 0 Å². The maximum atomic E-state index is 5.88. The van der Waals surface area contributed by atoms with E-state index in [1.807, 2.05) is 31.2 Å². The Morgan fingerprint density at radius 3 is 2.67 bits per heavy atom. The van der Waals surface area contributed by atoms with Crippen molar-refractivity contribution in [2.24, 2.45) is 0 Å². The third-order valence-electron chi connectivity index (χ3n) is 3.19. The highest BCUT2D eigenvalue weighted by molar-refractivity contribution is 5.49. The molecule has 94 valence electrons. The Morgan fingerprint density at radius 2 is 1.89 bits per heavy atom. The number of hydrogen-bond acceptors (Lipinski definition) is 2. The van der Waals surface area contributed by atoms with E-state index in [2.05, 4.69) is 25.1 Å². The zero-order valence-corrected chi connectivity index (χ0v) is 10.9. The van der Waals surface area contributed by atoms with E-state index >= 15 is 0 Å². The molecular weight excluding hydrogens is 222 g/mol. The van der Waals surface area contributed by atoms with Gasteiger partial charge in [-0.25, -0.2) is 0 Å². The lowest BCUT2D eigenvalue weighted by molar-refractivity contribution is 0.305. The number of ether oxygens (including phenoxy) is 1. The highest BCUT2D eigenvalue weighted by Gasteiger charge is 2.02. The van der Waals surface area contributed by atoms with Gasteiger partial charge in [-0.05, 0) is 48.2 Å². The molecular formula is C16H19NO. The van der Waals surface area contributed by atoms with Gasteiger partial charge in [-0.1, -0.05) is 31.2 Å². The fourth-order valence-electron chi connectivity index (χ4n) is 1.88. The first-order valence-corrected chi connectivity index (χ1v) is 6.26. The van der Waals surface area contributed by atoms with Crippen LogP contribution in [0.2, 0.25) is 0 Å². The SMILES string of the molecule is CCc1cccc(OCc2cccc(N)c2C)c1. The molecule has 2 nitrogen and oxygen atoms in total. The standard InChI is InChI=1S/C16H19NO/c1-3-13-6-4-8-15(10-13)18-11-14-7-5-9-16(17)12(14)2/h4-10H,3,11,17H2,1-2H3. The minimum Gasteiger partial charge on any atom is -0.489 e. The fraction of sp³-hybridized carbons (Fsp3) is 0.250. The van der Waals surface area contributed by atoms with Crippen molar-refractivity contribution in [3.63, 3.8) is 0 Å². The van der Waals surface area contributed by atoms with Crippen molar-refractivity contribution in [2.45, 2.75) is 26.9 Å². The Bertz CT molecular complexity index is 534. The van der Waals surface area contributed by atoms with E-state index in [-0.39, 0.29) is 0 Å². The number of hydrogen-bond donors (Lipinski definition) is 1. The topological polar surface area (TPSA) is 35.2 Å². The van der Waals surface area contributed by atoms with Gasteiger partial charge in [0.1, 0.15) is 12.4 Å². The van der Waals surface area contributed by atoms with Crippen molar-refractivity contribution in [3.8, 4) is 5.75 Å². The first-order valence-electron chi connectivity index (χ1n) is 6.26. The predicted octanol–water partition coefficient (Wildman–Crippen LogP) is 3.72. The van der Waals surface area contributed by atoms with Crippen LogP contribution in [0, 0.1) is 6.92 Å². The van der Waals surface area contributed by atoms with Crippen LogP contribution < -0.4 is 10.5 Å². The zero-order valence-electron chi connectivity index (χ0n) is 10.9. The van der Waals surface area contributed by atoms with Crippen molar-refractivity contribution in [2.75, 3.05) is 5.73 Å². The quantitative estimate of drug-likeness (QED) is 0.828. The van der Waals surface area contributed by atoms with Crippen LogP contribution in [0.4, 0.5) is 5.69 Å². The number of aryl methyl sites for hydroxylation is 1. The van der Waals surface area contributed by atoms with E-state index in [1.54, 1.807) is 0 Å². The first-order chi connectivity index (χ1) is 8.70. The van der Waals surface area contributed by atoms with E-state index in [0.29, 0.717) is 6.61 Å². The minimum atomic E-state index is 0.560. The normalized spacial score (nSPS) is 10.3. The second-order valence-electron chi connectivity index (χ2n) is 4.42. The number of nitrogens with two attached hydrogens (primary N) is 1. The van der Waals surface area contributed by atoms with Crippen molar-refractivity contribution < 1.29 is 4.74 Å². The molecule has 0 aliphatic heterocycles. The minimum absolute atomic E-state index is 0.560. The molecule has 0 saturated carbocycles. The molecule has 2 aromatic carbocycles. The Morgan fingerprint density at radius 1 is 1.11 bits per heavy atom. The van der Waals surface area contributed by atoms with Gasteiger partial charge in [0.15, 0.2) is 0 Å². The molecule has 0 aliphatic rings. The van der Waals surface area contributed by atoms with Gasteiger partial charge in [0.05, 0.1) is 0 Å². The molecule has 0 radical (unpaired) electrons. The Balaban J connectivity index is 2.09. The molecule has 0 heterocycles. The summed E-state index contributed by atoms with van der Waals surface area (Å²) in [5.74, 6) is 0.913. The number of benzene rings is 2. The highest BCUT2D eigenvalue weighted by atomic mass is 16.5. The van der Waals surface area contributed by atoms with Crippen LogP contribution in [0.25, 0.3) is 0 Å². The average molecular weight is 241 g/mol. The van der Waals surface area contributed by atoms with Gasteiger partial charge in [-0.2, -0.15) is 0 Å².